The Labute approximate surface area is 150 Å². The number of nitrogen functional groups attached to an aromatic ring is 1. The van der Waals surface area contributed by atoms with Crippen LogP contribution in [0.2, 0.25) is 0 Å². The molecule has 0 spiro atoms. The summed E-state index contributed by atoms with van der Waals surface area (Å²) >= 11 is 1.68. The second-order valence-corrected chi connectivity index (χ2v) is 8.36. The van der Waals surface area contributed by atoms with Gasteiger partial charge in [-0.2, -0.15) is 0 Å². The smallest absolute Gasteiger partial charge is 0.282 e. The van der Waals surface area contributed by atoms with Crippen molar-refractivity contribution in [1.29, 1.82) is 0 Å². The van der Waals surface area contributed by atoms with E-state index in [0.717, 1.165) is 11.3 Å². The van der Waals surface area contributed by atoms with Gasteiger partial charge >= 0.3 is 0 Å². The Balaban J connectivity index is 2.57. The van der Waals surface area contributed by atoms with Crippen molar-refractivity contribution in [3.8, 4) is 17.1 Å². The lowest BCUT2D eigenvalue weighted by Gasteiger charge is -2.19. The highest BCUT2D eigenvalue weighted by Gasteiger charge is 2.18. The molecule has 0 saturated heterocycles. The van der Waals surface area contributed by atoms with E-state index < -0.39 is 11.2 Å². The quantitative estimate of drug-likeness (QED) is 0.591. The average molecular weight is 362 g/mol. The first-order chi connectivity index (χ1) is 11.7. The van der Waals surface area contributed by atoms with Gasteiger partial charge in [0.25, 0.3) is 5.56 Å². The Morgan fingerprint density at radius 1 is 1.36 bits per heavy atom. The van der Waals surface area contributed by atoms with Crippen LogP contribution in [0.25, 0.3) is 11.4 Å². The highest BCUT2D eigenvalue weighted by Crippen LogP contribution is 2.37. The van der Waals surface area contributed by atoms with Crippen LogP contribution in [0.4, 0.5) is 11.5 Å². The van der Waals surface area contributed by atoms with Crippen LogP contribution in [-0.2, 0) is 0 Å². The summed E-state index contributed by atoms with van der Waals surface area (Å²) in [6.45, 7) is 8.88. The molecule has 25 heavy (non-hydrogen) atoms. The van der Waals surface area contributed by atoms with Crippen molar-refractivity contribution >= 4 is 23.3 Å². The molecule has 0 saturated carbocycles. The van der Waals surface area contributed by atoms with E-state index in [2.05, 4.69) is 35.9 Å². The number of nitrogens with two attached hydrogens (primary N) is 1. The monoisotopic (exact) mass is 362 g/mol. The van der Waals surface area contributed by atoms with E-state index in [1.165, 1.54) is 0 Å². The summed E-state index contributed by atoms with van der Waals surface area (Å²) in [6, 6.07) is 5.71. The predicted octanol–water partition coefficient (Wildman–Crippen LogP) is 4.10. The lowest BCUT2D eigenvalue weighted by molar-refractivity contribution is 0.318. The Bertz CT molecular complexity index is 828. The second-order valence-electron chi connectivity index (χ2n) is 6.46. The Morgan fingerprint density at radius 3 is 2.64 bits per heavy atom. The summed E-state index contributed by atoms with van der Waals surface area (Å²) in [4.78, 5) is 30.4. The van der Waals surface area contributed by atoms with Crippen LogP contribution >= 0.6 is 11.8 Å². The SMILES string of the molecule is CCCOc1ccc(SC(C)(C)C)cc1-c1nc(N)c(N=O)c(=O)[nH]1. The number of anilines is 1. The molecule has 0 bridgehead atoms. The maximum absolute atomic E-state index is 12.0. The van der Waals surface area contributed by atoms with Crippen molar-refractivity contribution in [2.24, 2.45) is 5.18 Å². The maximum atomic E-state index is 12.0. The van der Waals surface area contributed by atoms with Crippen molar-refractivity contribution in [2.75, 3.05) is 12.3 Å². The molecule has 7 nitrogen and oxygen atoms in total. The fraction of sp³-hybridized carbons (Fsp3) is 0.412. The number of nitrogens with zero attached hydrogens (tertiary/aromatic N) is 2. The number of rotatable bonds is 6. The maximum Gasteiger partial charge on any atom is 0.282 e. The van der Waals surface area contributed by atoms with E-state index in [1.54, 1.807) is 11.8 Å². The summed E-state index contributed by atoms with van der Waals surface area (Å²) in [5.41, 5.74) is 5.21. The zero-order valence-corrected chi connectivity index (χ0v) is 15.6. The van der Waals surface area contributed by atoms with E-state index in [0.29, 0.717) is 17.9 Å². The summed E-state index contributed by atoms with van der Waals surface area (Å²) in [5.74, 6) is 0.635. The number of aromatic nitrogens is 2. The average Bonchev–Trinajstić information content (AvgIpc) is 2.51. The number of thioether (sulfide) groups is 1. The number of benzene rings is 1. The summed E-state index contributed by atoms with van der Waals surface area (Å²) in [6.07, 6.45) is 0.845. The third-order valence-corrected chi connectivity index (χ3v) is 4.21. The topological polar surface area (TPSA) is 110 Å². The molecule has 2 rings (SSSR count). The van der Waals surface area contributed by atoms with Gasteiger partial charge in [-0.1, -0.05) is 27.7 Å². The Morgan fingerprint density at radius 2 is 2.08 bits per heavy atom. The number of hydrogen-bond donors (Lipinski definition) is 2. The van der Waals surface area contributed by atoms with E-state index in [4.69, 9.17) is 10.5 Å². The summed E-state index contributed by atoms with van der Waals surface area (Å²) < 4.78 is 5.79. The lowest BCUT2D eigenvalue weighted by Crippen LogP contribution is -2.12. The number of H-pyrrole nitrogens is 1. The van der Waals surface area contributed by atoms with Crippen LogP contribution in [-0.4, -0.2) is 21.3 Å². The van der Waals surface area contributed by atoms with Crippen molar-refractivity contribution in [3.63, 3.8) is 0 Å². The van der Waals surface area contributed by atoms with Gasteiger partial charge in [0, 0.05) is 9.64 Å². The van der Waals surface area contributed by atoms with E-state index in [-0.39, 0.29) is 16.4 Å². The van der Waals surface area contributed by atoms with Crippen LogP contribution < -0.4 is 16.0 Å². The molecule has 0 atom stereocenters. The molecular weight excluding hydrogens is 340 g/mol. The molecule has 0 unspecified atom stereocenters. The predicted molar refractivity (Wildman–Crippen MR) is 102 cm³/mol. The molecule has 0 fully saturated rings. The molecule has 0 aliphatic heterocycles. The molecule has 0 aliphatic rings. The highest BCUT2D eigenvalue weighted by molar-refractivity contribution is 8.00. The number of nitrogens with one attached hydrogen (secondary N) is 1. The van der Waals surface area contributed by atoms with Crippen LogP contribution in [0.1, 0.15) is 34.1 Å². The normalized spacial score (nSPS) is 11.4. The lowest BCUT2D eigenvalue weighted by atomic mass is 10.2. The molecule has 8 heteroatoms. The van der Waals surface area contributed by atoms with Crippen LogP contribution in [0.5, 0.6) is 5.75 Å². The zero-order chi connectivity index (χ0) is 18.6. The molecule has 1 aromatic carbocycles. The molecule has 134 valence electrons. The standard InChI is InChI=1S/C17H22N4O3S/c1-5-8-24-12-7-6-10(25-17(2,3)4)9-11(12)15-19-14(18)13(21-23)16(22)20-15/h6-7,9H,5,8H2,1-4H3,(H3,18,19,20,22). The number of aromatic amines is 1. The largest absolute Gasteiger partial charge is 0.493 e. The van der Waals surface area contributed by atoms with Crippen molar-refractivity contribution in [1.82, 2.24) is 9.97 Å². The van der Waals surface area contributed by atoms with Crippen LogP contribution in [0.15, 0.2) is 33.1 Å². The van der Waals surface area contributed by atoms with Gasteiger partial charge in [0.1, 0.15) is 11.6 Å². The van der Waals surface area contributed by atoms with Gasteiger partial charge in [-0.15, -0.1) is 16.7 Å². The molecule has 0 amide bonds. The first-order valence-corrected chi connectivity index (χ1v) is 8.76. The number of hydrogen-bond acceptors (Lipinski definition) is 7. The van der Waals surface area contributed by atoms with E-state index in [1.807, 2.05) is 25.1 Å². The second kappa shape index (κ2) is 7.69. The van der Waals surface area contributed by atoms with E-state index >= 15 is 0 Å². The van der Waals surface area contributed by atoms with E-state index in [9.17, 15) is 9.70 Å². The third-order valence-electron chi connectivity index (χ3n) is 3.11. The molecule has 0 radical (unpaired) electrons. The third kappa shape index (κ3) is 4.82. The Kier molecular flexibility index (Phi) is 5.84. The minimum Gasteiger partial charge on any atom is -0.493 e. The Hall–Kier alpha value is -2.35. The van der Waals surface area contributed by atoms with Crippen LogP contribution in [0, 0.1) is 4.91 Å². The van der Waals surface area contributed by atoms with Gasteiger partial charge in [0.2, 0.25) is 5.69 Å². The van der Waals surface area contributed by atoms with Gasteiger partial charge in [-0.25, -0.2) is 4.98 Å². The molecule has 1 heterocycles. The zero-order valence-electron chi connectivity index (χ0n) is 14.8. The minimum absolute atomic E-state index is 0.0220. The molecular formula is C17H22N4O3S. The molecule has 0 aliphatic carbocycles. The number of ether oxygens (including phenoxy) is 1. The summed E-state index contributed by atoms with van der Waals surface area (Å²) in [7, 11) is 0. The fourth-order valence-electron chi connectivity index (χ4n) is 2.15. The number of nitroso groups, excluding NO2 is 1. The van der Waals surface area contributed by atoms with Gasteiger partial charge in [-0.3, -0.25) is 4.79 Å². The molecule has 1 aromatic heterocycles. The van der Waals surface area contributed by atoms with Gasteiger partial charge in [-0.05, 0) is 29.8 Å². The van der Waals surface area contributed by atoms with Gasteiger partial charge in [0.15, 0.2) is 5.82 Å². The van der Waals surface area contributed by atoms with Crippen molar-refractivity contribution < 1.29 is 4.74 Å². The minimum atomic E-state index is -0.673. The van der Waals surface area contributed by atoms with Crippen molar-refractivity contribution in [2.45, 2.75) is 43.8 Å². The summed E-state index contributed by atoms with van der Waals surface area (Å²) in [5, 5.41) is 2.63. The fourth-order valence-corrected chi connectivity index (χ4v) is 3.17. The van der Waals surface area contributed by atoms with Crippen LogP contribution in [0.3, 0.4) is 0 Å². The first-order valence-electron chi connectivity index (χ1n) is 7.94. The van der Waals surface area contributed by atoms with Crippen molar-refractivity contribution in [3.05, 3.63) is 33.5 Å². The highest BCUT2D eigenvalue weighted by atomic mass is 32.2. The van der Waals surface area contributed by atoms with Gasteiger partial charge < -0.3 is 15.5 Å². The molecule has 2 aromatic rings. The molecule has 3 N–H and O–H groups in total. The van der Waals surface area contributed by atoms with Gasteiger partial charge in [0.05, 0.1) is 12.2 Å². The first kappa shape index (κ1) is 19.0.